The summed E-state index contributed by atoms with van der Waals surface area (Å²) in [6.45, 7) is 5.46. The smallest absolute Gasteiger partial charge is 0.280 e. The molecule has 1 aliphatic rings. The van der Waals surface area contributed by atoms with Gasteiger partial charge in [0.2, 0.25) is 0 Å². The standard InChI is InChI=1S/C22H23FN6O/c1-3-18-20(15-4-6-16(23)7-5-15)21-24-14-17-19(29(21)25-18)8-9-28(22(17)30)27-12-10-26(2)11-13-27/h4-9,14H,3,10-13H2,1-2H3. The second-order valence-corrected chi connectivity index (χ2v) is 7.70. The summed E-state index contributed by atoms with van der Waals surface area (Å²) >= 11 is 0. The van der Waals surface area contributed by atoms with E-state index in [-0.39, 0.29) is 11.4 Å². The molecule has 0 N–H and O–H groups in total. The fourth-order valence-electron chi connectivity index (χ4n) is 4.10. The molecule has 1 aromatic carbocycles. The van der Waals surface area contributed by atoms with Crippen LogP contribution in [0.3, 0.4) is 0 Å². The zero-order chi connectivity index (χ0) is 20.8. The summed E-state index contributed by atoms with van der Waals surface area (Å²) in [6.07, 6.45) is 4.16. The molecule has 8 heteroatoms. The maximum absolute atomic E-state index is 13.4. The highest BCUT2D eigenvalue weighted by Gasteiger charge is 2.20. The van der Waals surface area contributed by atoms with Crippen molar-refractivity contribution in [1.82, 2.24) is 24.2 Å². The van der Waals surface area contributed by atoms with Gasteiger partial charge >= 0.3 is 0 Å². The molecule has 3 aromatic heterocycles. The molecule has 0 amide bonds. The molecule has 0 aliphatic carbocycles. The molecule has 0 radical (unpaired) electrons. The second kappa shape index (κ2) is 7.21. The van der Waals surface area contributed by atoms with Crippen LogP contribution in [-0.4, -0.2) is 57.4 Å². The summed E-state index contributed by atoms with van der Waals surface area (Å²) in [7, 11) is 2.09. The third kappa shape index (κ3) is 2.95. The van der Waals surface area contributed by atoms with Crippen molar-refractivity contribution in [2.75, 3.05) is 38.2 Å². The summed E-state index contributed by atoms with van der Waals surface area (Å²) in [5.41, 5.74) is 3.90. The lowest BCUT2D eigenvalue weighted by molar-refractivity contribution is 0.286. The molecule has 5 rings (SSSR count). The van der Waals surface area contributed by atoms with Crippen LogP contribution in [0.25, 0.3) is 27.7 Å². The number of fused-ring (bicyclic) bond motifs is 3. The van der Waals surface area contributed by atoms with Crippen LogP contribution in [0.1, 0.15) is 12.6 Å². The first-order chi connectivity index (χ1) is 14.6. The van der Waals surface area contributed by atoms with Crippen LogP contribution in [-0.2, 0) is 6.42 Å². The molecule has 4 heterocycles. The number of aromatic nitrogens is 4. The van der Waals surface area contributed by atoms with E-state index in [0.717, 1.165) is 48.5 Å². The van der Waals surface area contributed by atoms with E-state index >= 15 is 0 Å². The number of aryl methyl sites for hydroxylation is 1. The molecule has 30 heavy (non-hydrogen) atoms. The van der Waals surface area contributed by atoms with Gasteiger partial charge in [0.05, 0.1) is 16.6 Å². The molecular weight excluding hydrogens is 383 g/mol. The molecular formula is C22H23FN6O. The van der Waals surface area contributed by atoms with Gasteiger partial charge in [0.15, 0.2) is 5.65 Å². The van der Waals surface area contributed by atoms with Crippen molar-refractivity contribution in [2.24, 2.45) is 0 Å². The minimum absolute atomic E-state index is 0.0941. The maximum Gasteiger partial charge on any atom is 0.280 e. The van der Waals surface area contributed by atoms with Gasteiger partial charge in [0, 0.05) is 44.1 Å². The summed E-state index contributed by atoms with van der Waals surface area (Å²) in [5, 5.41) is 7.34. The molecule has 1 fully saturated rings. The Labute approximate surface area is 172 Å². The quantitative estimate of drug-likeness (QED) is 0.523. The van der Waals surface area contributed by atoms with Crippen molar-refractivity contribution >= 4 is 16.6 Å². The first-order valence-corrected chi connectivity index (χ1v) is 10.2. The summed E-state index contributed by atoms with van der Waals surface area (Å²) in [4.78, 5) is 20.1. The SMILES string of the molecule is CCc1nn2c(ncc3c(=O)n(N4CCN(C)CC4)ccc32)c1-c1ccc(F)cc1. The molecule has 0 spiro atoms. The number of likely N-dealkylation sites (N-methyl/N-ethyl adjacent to an activating group) is 1. The molecule has 154 valence electrons. The van der Waals surface area contributed by atoms with Gasteiger partial charge in [-0.2, -0.15) is 5.10 Å². The van der Waals surface area contributed by atoms with Gasteiger partial charge < -0.3 is 9.91 Å². The van der Waals surface area contributed by atoms with Gasteiger partial charge in [0.25, 0.3) is 5.56 Å². The van der Waals surface area contributed by atoms with Gasteiger partial charge in [-0.25, -0.2) is 18.6 Å². The lowest BCUT2D eigenvalue weighted by Crippen LogP contribution is -2.52. The van der Waals surface area contributed by atoms with E-state index in [9.17, 15) is 9.18 Å². The zero-order valence-electron chi connectivity index (χ0n) is 17.0. The molecule has 0 atom stereocenters. The minimum atomic E-state index is -0.281. The zero-order valence-corrected chi connectivity index (χ0v) is 17.0. The van der Waals surface area contributed by atoms with E-state index in [0.29, 0.717) is 17.5 Å². The van der Waals surface area contributed by atoms with Gasteiger partial charge in [-0.15, -0.1) is 0 Å². The van der Waals surface area contributed by atoms with E-state index in [1.165, 1.54) is 12.1 Å². The van der Waals surface area contributed by atoms with Gasteiger partial charge in [0.1, 0.15) is 5.82 Å². The van der Waals surface area contributed by atoms with Crippen LogP contribution < -0.4 is 10.6 Å². The summed E-state index contributed by atoms with van der Waals surface area (Å²) < 4.78 is 16.8. The molecule has 7 nitrogen and oxygen atoms in total. The van der Waals surface area contributed by atoms with Crippen molar-refractivity contribution in [2.45, 2.75) is 13.3 Å². The van der Waals surface area contributed by atoms with Crippen molar-refractivity contribution in [3.8, 4) is 11.1 Å². The normalized spacial score (nSPS) is 15.4. The topological polar surface area (TPSA) is 58.7 Å². The minimum Gasteiger partial charge on any atom is -0.308 e. The van der Waals surface area contributed by atoms with Crippen LogP contribution in [0.4, 0.5) is 4.39 Å². The Balaban J connectivity index is 1.68. The Kier molecular flexibility index (Phi) is 4.51. The largest absolute Gasteiger partial charge is 0.308 e. The number of piperazine rings is 1. The van der Waals surface area contributed by atoms with E-state index in [1.807, 2.05) is 19.2 Å². The van der Waals surface area contributed by atoms with Gasteiger partial charge in [-0.3, -0.25) is 4.79 Å². The molecule has 1 aliphatic heterocycles. The summed E-state index contributed by atoms with van der Waals surface area (Å²) in [5.74, 6) is -0.281. The Hall–Kier alpha value is -3.26. The Morgan fingerprint density at radius 2 is 1.80 bits per heavy atom. The van der Waals surface area contributed by atoms with Crippen molar-refractivity contribution in [3.63, 3.8) is 0 Å². The fourth-order valence-corrected chi connectivity index (χ4v) is 4.10. The monoisotopic (exact) mass is 406 g/mol. The lowest BCUT2D eigenvalue weighted by atomic mass is 10.0. The Morgan fingerprint density at radius 1 is 1.07 bits per heavy atom. The van der Waals surface area contributed by atoms with Crippen molar-refractivity contribution in [3.05, 3.63) is 64.6 Å². The average molecular weight is 406 g/mol. The van der Waals surface area contributed by atoms with Crippen LogP contribution in [0.5, 0.6) is 0 Å². The fraction of sp³-hybridized carbons (Fsp3) is 0.318. The van der Waals surface area contributed by atoms with E-state index < -0.39 is 0 Å². The number of hydrogen-bond acceptors (Lipinski definition) is 5. The number of pyridine rings is 1. The Bertz CT molecular complexity index is 1290. The summed E-state index contributed by atoms with van der Waals surface area (Å²) in [6, 6.07) is 8.28. The molecule has 4 aromatic rings. The van der Waals surface area contributed by atoms with Gasteiger partial charge in [-0.1, -0.05) is 19.1 Å². The Morgan fingerprint density at radius 3 is 2.50 bits per heavy atom. The maximum atomic E-state index is 13.4. The van der Waals surface area contributed by atoms with Crippen LogP contribution >= 0.6 is 0 Å². The number of rotatable bonds is 3. The molecule has 0 saturated carbocycles. The van der Waals surface area contributed by atoms with Crippen molar-refractivity contribution in [1.29, 1.82) is 0 Å². The van der Waals surface area contributed by atoms with E-state index in [2.05, 4.69) is 21.9 Å². The number of benzene rings is 1. The molecule has 1 saturated heterocycles. The lowest BCUT2D eigenvalue weighted by Gasteiger charge is -2.34. The van der Waals surface area contributed by atoms with Crippen LogP contribution in [0.2, 0.25) is 0 Å². The van der Waals surface area contributed by atoms with Crippen LogP contribution in [0, 0.1) is 5.82 Å². The van der Waals surface area contributed by atoms with Crippen molar-refractivity contribution < 1.29 is 4.39 Å². The molecule has 0 unspecified atom stereocenters. The highest BCUT2D eigenvalue weighted by atomic mass is 19.1. The second-order valence-electron chi connectivity index (χ2n) is 7.70. The first kappa shape index (κ1) is 18.7. The third-order valence-corrected chi connectivity index (χ3v) is 5.82. The van der Waals surface area contributed by atoms with E-state index in [4.69, 9.17) is 5.10 Å². The van der Waals surface area contributed by atoms with Gasteiger partial charge in [-0.05, 0) is 37.2 Å². The number of halogens is 1. The molecule has 0 bridgehead atoms. The third-order valence-electron chi connectivity index (χ3n) is 5.82. The predicted molar refractivity (Wildman–Crippen MR) is 115 cm³/mol. The van der Waals surface area contributed by atoms with E-state index in [1.54, 1.807) is 27.5 Å². The van der Waals surface area contributed by atoms with Crippen LogP contribution in [0.15, 0.2) is 47.5 Å². The number of hydrogen-bond donors (Lipinski definition) is 0. The number of nitrogens with zero attached hydrogens (tertiary/aromatic N) is 6. The highest BCUT2D eigenvalue weighted by molar-refractivity contribution is 5.86. The average Bonchev–Trinajstić information content (AvgIpc) is 3.14. The highest BCUT2D eigenvalue weighted by Crippen LogP contribution is 2.29. The predicted octanol–water partition coefficient (Wildman–Crippen LogP) is 2.30. The first-order valence-electron chi connectivity index (χ1n) is 10.2.